The van der Waals surface area contributed by atoms with Crippen LogP contribution in [0.5, 0.6) is 0 Å². The van der Waals surface area contributed by atoms with E-state index in [-0.39, 0.29) is 30.2 Å². The van der Waals surface area contributed by atoms with Crippen molar-refractivity contribution in [3.05, 3.63) is 56.5 Å². The number of piperidine rings is 1. The maximum absolute atomic E-state index is 13.9. The first-order valence-electron chi connectivity index (χ1n) is 13.4. The van der Waals surface area contributed by atoms with Crippen LogP contribution in [0.15, 0.2) is 45.3 Å². The maximum Gasteiger partial charge on any atom is 0.410 e. The summed E-state index contributed by atoms with van der Waals surface area (Å²) in [6.45, 7) is 6.51. The largest absolute Gasteiger partial charge is 0.444 e. The zero-order chi connectivity index (χ0) is 30.1. The molecule has 0 saturated carbocycles. The third-order valence-electron chi connectivity index (χ3n) is 7.29. The summed E-state index contributed by atoms with van der Waals surface area (Å²) >= 11 is 6.72. The molecular weight excluding hydrogens is 658 g/mol. The lowest BCUT2D eigenvalue weighted by atomic mass is 9.98. The van der Waals surface area contributed by atoms with E-state index >= 15 is 0 Å². The van der Waals surface area contributed by atoms with Crippen LogP contribution in [0.3, 0.4) is 0 Å². The number of Topliss-reactive ketones (excluding diaryl/α,β-unsaturated/α-hetero) is 1. The van der Waals surface area contributed by atoms with Crippen LogP contribution in [0.1, 0.15) is 56.0 Å². The van der Waals surface area contributed by atoms with E-state index in [4.69, 9.17) is 10.5 Å². The van der Waals surface area contributed by atoms with E-state index in [1.807, 2.05) is 29.2 Å². The summed E-state index contributed by atoms with van der Waals surface area (Å²) in [4.78, 5) is 57.7. The Bertz CT molecular complexity index is 1330. The molecule has 4 rings (SSSR count). The minimum atomic E-state index is -1.07. The summed E-state index contributed by atoms with van der Waals surface area (Å²) in [5.74, 6) is -0.661. The first kappa shape index (κ1) is 30.8. The second kappa shape index (κ2) is 12.4. The summed E-state index contributed by atoms with van der Waals surface area (Å²) in [7, 11) is 1.47. The molecule has 12 heteroatoms. The van der Waals surface area contributed by atoms with Crippen LogP contribution in [0.25, 0.3) is 0 Å². The van der Waals surface area contributed by atoms with Crippen LogP contribution >= 0.6 is 31.9 Å². The molecule has 2 aliphatic heterocycles. The van der Waals surface area contributed by atoms with Gasteiger partial charge in [-0.3, -0.25) is 14.5 Å². The Balaban J connectivity index is 1.49. The number of urea groups is 1. The van der Waals surface area contributed by atoms with Gasteiger partial charge in [0.15, 0.2) is 5.78 Å². The minimum Gasteiger partial charge on any atom is -0.444 e. The van der Waals surface area contributed by atoms with Gasteiger partial charge in [-0.2, -0.15) is 0 Å². The molecule has 0 spiro atoms. The van der Waals surface area contributed by atoms with E-state index in [1.54, 1.807) is 37.8 Å². The number of carbonyl (C=O) groups is 4. The number of para-hydroxylation sites is 1. The molecular formula is C29H35Br2N5O5. The van der Waals surface area contributed by atoms with E-state index in [1.165, 1.54) is 11.9 Å². The highest BCUT2D eigenvalue weighted by molar-refractivity contribution is 9.11. The van der Waals surface area contributed by atoms with Crippen LogP contribution < -0.4 is 11.1 Å². The summed E-state index contributed by atoms with van der Waals surface area (Å²) in [6.07, 6.45) is 0.232. The number of ether oxygens (including phenoxy) is 1. The molecule has 3 N–H and O–H groups in total. The molecule has 41 heavy (non-hydrogen) atoms. The Labute approximate surface area is 256 Å². The van der Waals surface area contributed by atoms with Gasteiger partial charge in [-0.15, -0.1) is 0 Å². The van der Waals surface area contributed by atoms with E-state index in [2.05, 4.69) is 37.2 Å². The number of fused-ring (bicyclic) bond motifs is 1. The predicted octanol–water partition coefficient (Wildman–Crippen LogP) is 5.64. The Hall–Kier alpha value is -3.12. The van der Waals surface area contributed by atoms with Gasteiger partial charge in [0, 0.05) is 59.3 Å². The van der Waals surface area contributed by atoms with Crippen LogP contribution in [-0.4, -0.2) is 76.3 Å². The third-order valence-corrected chi connectivity index (χ3v) is 8.60. The highest BCUT2D eigenvalue weighted by Gasteiger charge is 2.38. The second-order valence-electron chi connectivity index (χ2n) is 11.4. The summed E-state index contributed by atoms with van der Waals surface area (Å²) in [6, 6.07) is 9.65. The van der Waals surface area contributed by atoms with Crippen LogP contribution in [0, 0.1) is 0 Å². The number of nitrogen functional groups attached to an aromatic ring is 1. The normalized spacial score (nSPS) is 16.5. The molecule has 1 fully saturated rings. The molecule has 1 unspecified atom stereocenters. The van der Waals surface area contributed by atoms with E-state index in [9.17, 15) is 19.2 Å². The van der Waals surface area contributed by atoms with Crippen LogP contribution in [-0.2, 0) is 16.1 Å². The van der Waals surface area contributed by atoms with Crippen molar-refractivity contribution in [2.75, 3.05) is 31.2 Å². The Morgan fingerprint density at radius 2 is 1.73 bits per heavy atom. The van der Waals surface area contributed by atoms with Gasteiger partial charge in [-0.25, -0.2) is 9.59 Å². The Morgan fingerprint density at radius 3 is 2.34 bits per heavy atom. The molecule has 10 nitrogen and oxygen atoms in total. The van der Waals surface area contributed by atoms with Gasteiger partial charge in [-0.05, 0) is 89.2 Å². The molecule has 2 aliphatic rings. The van der Waals surface area contributed by atoms with Gasteiger partial charge in [-0.1, -0.05) is 18.2 Å². The fourth-order valence-electron chi connectivity index (χ4n) is 5.02. The quantitative estimate of drug-likeness (QED) is 0.298. The monoisotopic (exact) mass is 691 g/mol. The molecule has 2 heterocycles. The zero-order valence-corrected chi connectivity index (χ0v) is 26.7. The van der Waals surface area contributed by atoms with Crippen molar-refractivity contribution in [3.63, 3.8) is 0 Å². The van der Waals surface area contributed by atoms with E-state index in [0.717, 1.165) is 11.3 Å². The fourth-order valence-corrected chi connectivity index (χ4v) is 6.20. The number of amides is 4. The molecule has 2 aromatic carbocycles. The average Bonchev–Trinajstić information content (AvgIpc) is 2.92. The molecule has 0 radical (unpaired) electrons. The number of benzene rings is 2. The molecule has 220 valence electrons. The molecule has 1 saturated heterocycles. The van der Waals surface area contributed by atoms with E-state index < -0.39 is 17.7 Å². The lowest BCUT2D eigenvalue weighted by molar-refractivity contribution is -0.137. The SMILES string of the molecule is CN(C(=O)OC(C)(C)C)C(CC(=O)c1cc(Br)c(N)c(Br)c1)C(=O)N1CCC(N2Cc3ccccc3NC2=O)CC1. The van der Waals surface area contributed by atoms with Gasteiger partial charge in [0.2, 0.25) is 5.91 Å². The number of carbonyl (C=O) groups excluding carboxylic acids is 4. The number of hydrogen-bond acceptors (Lipinski definition) is 6. The van der Waals surface area contributed by atoms with Gasteiger partial charge >= 0.3 is 12.1 Å². The van der Waals surface area contributed by atoms with Crippen LogP contribution in [0.2, 0.25) is 0 Å². The molecule has 2 aromatic rings. The molecule has 1 atom stereocenters. The standard InChI is InChI=1S/C29H35Br2N5O5/c1-29(2,3)41-28(40)34(4)23(15-24(37)18-13-20(30)25(32)21(31)14-18)26(38)35-11-9-19(10-12-35)36-16-17-7-5-6-8-22(17)33-27(36)39/h5-8,13-14,19,23H,9-12,15-16,32H2,1-4H3,(H,33,39). The van der Waals surface area contributed by atoms with Crippen molar-refractivity contribution in [2.45, 2.75) is 64.3 Å². The smallest absolute Gasteiger partial charge is 0.410 e. The minimum absolute atomic E-state index is 0.0412. The number of anilines is 2. The molecule has 0 aromatic heterocycles. The van der Waals surface area contributed by atoms with Gasteiger partial charge in [0.1, 0.15) is 11.6 Å². The van der Waals surface area contributed by atoms with E-state index in [0.29, 0.717) is 52.7 Å². The lowest BCUT2D eigenvalue weighted by Gasteiger charge is -2.42. The van der Waals surface area contributed by atoms with Gasteiger partial charge in [0.05, 0.1) is 5.69 Å². The van der Waals surface area contributed by atoms with Crippen molar-refractivity contribution in [1.29, 1.82) is 0 Å². The Kier molecular flexibility index (Phi) is 9.32. The lowest BCUT2D eigenvalue weighted by Crippen LogP contribution is -2.55. The number of likely N-dealkylation sites (N-methyl/N-ethyl adjacent to an activating group) is 1. The maximum atomic E-state index is 13.9. The summed E-state index contributed by atoms with van der Waals surface area (Å²) < 4.78 is 6.61. The molecule has 0 aliphatic carbocycles. The first-order valence-corrected chi connectivity index (χ1v) is 15.0. The highest BCUT2D eigenvalue weighted by atomic mass is 79.9. The Morgan fingerprint density at radius 1 is 1.12 bits per heavy atom. The summed E-state index contributed by atoms with van der Waals surface area (Å²) in [5.41, 5.74) is 7.87. The average molecular weight is 693 g/mol. The third kappa shape index (κ3) is 7.21. The zero-order valence-electron chi connectivity index (χ0n) is 23.6. The fraction of sp³-hybridized carbons (Fsp3) is 0.448. The van der Waals surface area contributed by atoms with Crippen molar-refractivity contribution >= 4 is 67.0 Å². The van der Waals surface area contributed by atoms with Gasteiger partial charge < -0.3 is 25.6 Å². The number of hydrogen-bond donors (Lipinski definition) is 2. The number of likely N-dealkylation sites (tertiary alicyclic amines) is 1. The number of ketones is 1. The number of halogens is 2. The predicted molar refractivity (Wildman–Crippen MR) is 164 cm³/mol. The molecule has 0 bridgehead atoms. The van der Waals surface area contributed by atoms with Crippen molar-refractivity contribution in [3.8, 4) is 0 Å². The van der Waals surface area contributed by atoms with Crippen molar-refractivity contribution in [1.82, 2.24) is 14.7 Å². The van der Waals surface area contributed by atoms with Gasteiger partial charge in [0.25, 0.3) is 0 Å². The molecule has 4 amide bonds. The second-order valence-corrected chi connectivity index (χ2v) is 13.1. The van der Waals surface area contributed by atoms with Crippen LogP contribution in [0.4, 0.5) is 21.0 Å². The number of rotatable bonds is 6. The topological polar surface area (TPSA) is 125 Å². The number of nitrogens with one attached hydrogen (secondary N) is 1. The van der Waals surface area contributed by atoms with Crippen molar-refractivity contribution < 1.29 is 23.9 Å². The first-order chi connectivity index (χ1) is 19.2. The number of nitrogens with two attached hydrogens (primary N) is 1. The summed E-state index contributed by atoms with van der Waals surface area (Å²) in [5, 5.41) is 2.95. The number of nitrogens with zero attached hydrogens (tertiary/aromatic N) is 3. The van der Waals surface area contributed by atoms with Crippen molar-refractivity contribution in [2.24, 2.45) is 0 Å². The highest BCUT2D eigenvalue weighted by Crippen LogP contribution is 2.31.